The van der Waals surface area contributed by atoms with E-state index in [0.29, 0.717) is 12.6 Å². The van der Waals surface area contributed by atoms with Gasteiger partial charge in [-0.25, -0.2) is 4.79 Å². The summed E-state index contributed by atoms with van der Waals surface area (Å²) in [6.45, 7) is 3.38. The molecule has 1 aromatic heterocycles. The maximum atomic E-state index is 12.3. The number of hydrogen-bond donors (Lipinski definition) is 1. The molecule has 1 N–H and O–H groups in total. The third kappa shape index (κ3) is 4.29. The van der Waals surface area contributed by atoms with Gasteiger partial charge in [0.1, 0.15) is 11.3 Å². The highest BCUT2D eigenvalue weighted by molar-refractivity contribution is 5.78. The number of furan rings is 1. The molecule has 24 heavy (non-hydrogen) atoms. The van der Waals surface area contributed by atoms with Crippen molar-refractivity contribution in [1.29, 1.82) is 0 Å². The van der Waals surface area contributed by atoms with Crippen molar-refractivity contribution in [2.75, 3.05) is 13.7 Å². The van der Waals surface area contributed by atoms with Crippen LogP contribution in [0.15, 0.2) is 34.7 Å². The lowest BCUT2D eigenvalue weighted by Crippen LogP contribution is -2.41. The van der Waals surface area contributed by atoms with Crippen LogP contribution in [0.5, 0.6) is 0 Å². The number of urea groups is 1. The molecule has 0 saturated carbocycles. The third-order valence-corrected chi connectivity index (χ3v) is 4.53. The van der Waals surface area contributed by atoms with Gasteiger partial charge in [0.05, 0.1) is 12.6 Å². The van der Waals surface area contributed by atoms with Crippen molar-refractivity contribution in [2.24, 2.45) is 0 Å². The van der Waals surface area contributed by atoms with E-state index >= 15 is 0 Å². The second kappa shape index (κ2) is 7.71. The molecule has 0 bridgehead atoms. The number of para-hydroxylation sites is 1. The van der Waals surface area contributed by atoms with Gasteiger partial charge in [0.2, 0.25) is 0 Å². The van der Waals surface area contributed by atoms with Crippen LogP contribution in [0.3, 0.4) is 0 Å². The number of benzene rings is 1. The summed E-state index contributed by atoms with van der Waals surface area (Å²) >= 11 is 0. The van der Waals surface area contributed by atoms with Gasteiger partial charge < -0.3 is 19.4 Å². The predicted octanol–water partition coefficient (Wildman–Crippen LogP) is 3.92. The molecule has 3 rings (SSSR count). The van der Waals surface area contributed by atoms with Gasteiger partial charge in [-0.1, -0.05) is 18.2 Å². The number of rotatable bonds is 6. The molecule has 1 saturated heterocycles. The Morgan fingerprint density at radius 3 is 3.00 bits per heavy atom. The Bertz CT molecular complexity index is 643. The number of fused-ring (bicyclic) bond motifs is 1. The minimum atomic E-state index is -0.0738. The van der Waals surface area contributed by atoms with Crippen LogP contribution in [-0.2, 0) is 11.3 Å². The number of nitrogens with one attached hydrogen (secondary N) is 1. The molecule has 5 nitrogen and oxygen atoms in total. The molecule has 0 radical (unpaired) electrons. The fourth-order valence-electron chi connectivity index (χ4n) is 3.12. The molecule has 5 heteroatoms. The van der Waals surface area contributed by atoms with E-state index in [4.69, 9.17) is 9.15 Å². The van der Waals surface area contributed by atoms with Crippen molar-refractivity contribution in [3.8, 4) is 0 Å². The van der Waals surface area contributed by atoms with Crippen LogP contribution in [-0.4, -0.2) is 36.7 Å². The van der Waals surface area contributed by atoms with Gasteiger partial charge in [0, 0.05) is 25.1 Å². The maximum absolute atomic E-state index is 12.3. The van der Waals surface area contributed by atoms with Crippen LogP contribution >= 0.6 is 0 Å². The monoisotopic (exact) mass is 330 g/mol. The number of carbonyl (C=O) groups excluding carboxylic acids is 1. The van der Waals surface area contributed by atoms with E-state index in [0.717, 1.165) is 49.0 Å². The van der Waals surface area contributed by atoms with Gasteiger partial charge in [-0.2, -0.15) is 0 Å². The zero-order valence-corrected chi connectivity index (χ0v) is 14.5. The summed E-state index contributed by atoms with van der Waals surface area (Å²) in [6.07, 6.45) is 4.62. The van der Waals surface area contributed by atoms with Gasteiger partial charge in [0.25, 0.3) is 0 Å². The zero-order valence-electron chi connectivity index (χ0n) is 14.5. The highest BCUT2D eigenvalue weighted by Gasteiger charge is 2.18. The topological polar surface area (TPSA) is 54.7 Å². The van der Waals surface area contributed by atoms with E-state index in [1.54, 1.807) is 11.9 Å². The summed E-state index contributed by atoms with van der Waals surface area (Å²) in [5.41, 5.74) is 0.853. The molecular weight excluding hydrogens is 304 g/mol. The molecular formula is C19H26N2O3. The largest absolute Gasteiger partial charge is 0.459 e. The van der Waals surface area contributed by atoms with Crippen LogP contribution < -0.4 is 5.32 Å². The number of ether oxygens (including phenoxy) is 1. The SMILES string of the molecule is C[C@@H](CC[C@@H]1CCCO1)NC(=O)N(C)Cc1cc2ccccc2o1. The van der Waals surface area contributed by atoms with E-state index in [2.05, 4.69) is 5.32 Å². The van der Waals surface area contributed by atoms with Crippen LogP contribution in [0.1, 0.15) is 38.4 Å². The molecule has 2 atom stereocenters. The Morgan fingerprint density at radius 1 is 1.42 bits per heavy atom. The normalized spacial score (nSPS) is 18.7. The fourth-order valence-corrected chi connectivity index (χ4v) is 3.12. The van der Waals surface area contributed by atoms with Crippen molar-refractivity contribution < 1.29 is 13.9 Å². The molecule has 0 aliphatic carbocycles. The van der Waals surface area contributed by atoms with Crippen molar-refractivity contribution in [3.05, 3.63) is 36.1 Å². The van der Waals surface area contributed by atoms with Crippen molar-refractivity contribution in [2.45, 2.75) is 51.3 Å². The summed E-state index contributed by atoms with van der Waals surface area (Å²) in [5.74, 6) is 0.792. The summed E-state index contributed by atoms with van der Waals surface area (Å²) in [7, 11) is 1.79. The van der Waals surface area contributed by atoms with Crippen LogP contribution in [0.2, 0.25) is 0 Å². The summed E-state index contributed by atoms with van der Waals surface area (Å²) in [4.78, 5) is 14.0. The van der Waals surface area contributed by atoms with Crippen LogP contribution in [0, 0.1) is 0 Å². The summed E-state index contributed by atoms with van der Waals surface area (Å²) in [5, 5.41) is 4.11. The number of hydrogen-bond acceptors (Lipinski definition) is 3. The molecule has 1 aliphatic heterocycles. The van der Waals surface area contributed by atoms with E-state index in [1.807, 2.05) is 37.3 Å². The van der Waals surface area contributed by atoms with Crippen LogP contribution in [0.4, 0.5) is 4.79 Å². The third-order valence-electron chi connectivity index (χ3n) is 4.53. The second-order valence-corrected chi connectivity index (χ2v) is 6.67. The average molecular weight is 330 g/mol. The average Bonchev–Trinajstić information content (AvgIpc) is 3.21. The standard InChI is InChI=1S/C19H26N2O3/c1-14(9-10-16-7-5-11-23-16)20-19(22)21(2)13-17-12-15-6-3-4-8-18(15)24-17/h3-4,6,8,12,14,16H,5,7,9-11,13H2,1-2H3,(H,20,22)/t14-,16-/m0/s1. The molecule has 1 aliphatic rings. The van der Waals surface area contributed by atoms with Gasteiger partial charge in [-0.15, -0.1) is 0 Å². The molecule has 1 aromatic carbocycles. The Kier molecular flexibility index (Phi) is 5.41. The Labute approximate surface area is 143 Å². The highest BCUT2D eigenvalue weighted by Crippen LogP contribution is 2.20. The first-order chi connectivity index (χ1) is 11.6. The smallest absolute Gasteiger partial charge is 0.317 e. The number of nitrogens with zero attached hydrogens (tertiary/aromatic N) is 1. The van der Waals surface area contributed by atoms with E-state index in [9.17, 15) is 4.79 Å². The van der Waals surface area contributed by atoms with E-state index < -0.39 is 0 Å². The molecule has 0 unspecified atom stereocenters. The van der Waals surface area contributed by atoms with Crippen molar-refractivity contribution >= 4 is 17.0 Å². The molecule has 130 valence electrons. The Morgan fingerprint density at radius 2 is 2.25 bits per heavy atom. The molecule has 2 amide bonds. The molecule has 2 aromatic rings. The maximum Gasteiger partial charge on any atom is 0.317 e. The lowest BCUT2D eigenvalue weighted by molar-refractivity contribution is 0.1000. The first-order valence-electron chi connectivity index (χ1n) is 8.72. The quantitative estimate of drug-likeness (QED) is 0.873. The van der Waals surface area contributed by atoms with E-state index in [1.165, 1.54) is 0 Å². The number of amides is 2. The lowest BCUT2D eigenvalue weighted by atomic mass is 10.1. The highest BCUT2D eigenvalue weighted by atomic mass is 16.5. The Balaban J connectivity index is 1.46. The van der Waals surface area contributed by atoms with Gasteiger partial charge >= 0.3 is 6.03 Å². The lowest BCUT2D eigenvalue weighted by Gasteiger charge is -2.21. The van der Waals surface area contributed by atoms with E-state index in [-0.39, 0.29) is 12.1 Å². The predicted molar refractivity (Wildman–Crippen MR) is 93.9 cm³/mol. The van der Waals surface area contributed by atoms with Gasteiger partial charge in [0.15, 0.2) is 0 Å². The second-order valence-electron chi connectivity index (χ2n) is 6.67. The first kappa shape index (κ1) is 16.8. The van der Waals surface area contributed by atoms with Gasteiger partial charge in [-0.3, -0.25) is 0 Å². The molecule has 0 spiro atoms. The molecule has 2 heterocycles. The fraction of sp³-hybridized carbons (Fsp3) is 0.526. The first-order valence-corrected chi connectivity index (χ1v) is 8.72. The minimum absolute atomic E-state index is 0.0738. The number of carbonyl (C=O) groups is 1. The summed E-state index contributed by atoms with van der Waals surface area (Å²) < 4.78 is 11.4. The zero-order chi connectivity index (χ0) is 16.9. The minimum Gasteiger partial charge on any atom is -0.459 e. The Hall–Kier alpha value is -2.01. The van der Waals surface area contributed by atoms with Crippen molar-refractivity contribution in [3.63, 3.8) is 0 Å². The van der Waals surface area contributed by atoms with Crippen LogP contribution in [0.25, 0.3) is 11.0 Å². The summed E-state index contributed by atoms with van der Waals surface area (Å²) in [6, 6.07) is 9.92. The van der Waals surface area contributed by atoms with Crippen molar-refractivity contribution in [1.82, 2.24) is 10.2 Å². The molecule has 1 fully saturated rings. The van der Waals surface area contributed by atoms with Gasteiger partial charge in [-0.05, 0) is 44.7 Å².